The van der Waals surface area contributed by atoms with Crippen molar-refractivity contribution in [2.24, 2.45) is 5.41 Å². The minimum Gasteiger partial charge on any atom is -0.478 e. The summed E-state index contributed by atoms with van der Waals surface area (Å²) in [4.78, 5) is 34.5. The quantitative estimate of drug-likeness (QED) is 0.691. The van der Waals surface area contributed by atoms with Crippen LogP contribution in [0.5, 0.6) is 0 Å². The molecule has 2 amide bonds. The molecule has 0 saturated heterocycles. The van der Waals surface area contributed by atoms with E-state index in [0.717, 1.165) is 12.3 Å². The Morgan fingerprint density at radius 3 is 2.20 bits per heavy atom. The molecule has 0 aliphatic rings. The maximum Gasteiger partial charge on any atom is 0.335 e. The molecule has 3 N–H and O–H groups in total. The Bertz CT molecular complexity index is 793. The lowest BCUT2D eigenvalue weighted by Crippen LogP contribution is -2.36. The van der Waals surface area contributed by atoms with Crippen molar-refractivity contribution >= 4 is 33.3 Å². The molecule has 25 heavy (non-hydrogen) atoms. The van der Waals surface area contributed by atoms with Gasteiger partial charge >= 0.3 is 5.97 Å². The number of aromatic carboxylic acids is 1. The van der Waals surface area contributed by atoms with Gasteiger partial charge in [-0.3, -0.25) is 9.59 Å². The minimum absolute atomic E-state index is 0.0344. The topological polar surface area (TPSA) is 130 Å². The largest absolute Gasteiger partial charge is 0.478 e. The van der Waals surface area contributed by atoms with Gasteiger partial charge in [-0.2, -0.15) is 0 Å². The number of benzene rings is 1. The maximum atomic E-state index is 11.9. The summed E-state index contributed by atoms with van der Waals surface area (Å²) in [5.41, 5.74) is -0.761. The third-order valence-corrected chi connectivity index (χ3v) is 4.28. The van der Waals surface area contributed by atoms with Crippen LogP contribution in [0.1, 0.15) is 37.6 Å². The van der Waals surface area contributed by atoms with Crippen LogP contribution in [-0.2, 0) is 19.4 Å². The van der Waals surface area contributed by atoms with Crippen LogP contribution in [0, 0.1) is 5.41 Å². The van der Waals surface area contributed by atoms with Crippen molar-refractivity contribution in [2.75, 3.05) is 18.1 Å². The molecular formula is C16H22N2O6S. The number of carbonyl (C=O) groups is 3. The van der Waals surface area contributed by atoms with Crippen molar-refractivity contribution in [2.45, 2.75) is 32.1 Å². The molecule has 0 fully saturated rings. The van der Waals surface area contributed by atoms with Crippen molar-refractivity contribution in [3.63, 3.8) is 0 Å². The van der Waals surface area contributed by atoms with Gasteiger partial charge in [0.25, 0.3) is 0 Å². The van der Waals surface area contributed by atoms with E-state index in [1.54, 1.807) is 20.8 Å². The van der Waals surface area contributed by atoms with Gasteiger partial charge in [-0.1, -0.05) is 20.8 Å². The molecule has 1 aromatic carbocycles. The van der Waals surface area contributed by atoms with Crippen LogP contribution in [0.25, 0.3) is 0 Å². The van der Waals surface area contributed by atoms with Gasteiger partial charge in [0, 0.05) is 30.3 Å². The Labute approximate surface area is 146 Å². The lowest BCUT2D eigenvalue weighted by molar-refractivity contribution is -0.128. The highest BCUT2D eigenvalue weighted by molar-refractivity contribution is 7.90. The third-order valence-electron chi connectivity index (χ3n) is 3.18. The van der Waals surface area contributed by atoms with E-state index in [1.807, 2.05) is 0 Å². The highest BCUT2D eigenvalue weighted by atomic mass is 32.2. The molecule has 1 rings (SSSR count). The fourth-order valence-corrected chi connectivity index (χ4v) is 2.47. The molecule has 0 atom stereocenters. The smallest absolute Gasteiger partial charge is 0.335 e. The number of hydrogen-bond acceptors (Lipinski definition) is 5. The molecule has 0 radical (unpaired) electrons. The predicted octanol–water partition coefficient (Wildman–Crippen LogP) is 1.28. The Hall–Kier alpha value is -2.42. The molecule has 0 unspecified atom stereocenters. The van der Waals surface area contributed by atoms with Gasteiger partial charge in [0.05, 0.1) is 10.5 Å². The number of anilines is 1. The van der Waals surface area contributed by atoms with E-state index >= 15 is 0 Å². The Morgan fingerprint density at radius 2 is 1.72 bits per heavy atom. The Morgan fingerprint density at radius 1 is 1.12 bits per heavy atom. The second-order valence-corrected chi connectivity index (χ2v) is 8.64. The standard InChI is InChI=1S/C16H22N2O6S/c1-16(2,3)15(22)17-6-5-13(19)18-11-7-10(14(20)21)8-12(9-11)25(4,23)24/h7-9H,5-6H2,1-4H3,(H,17,22)(H,18,19)(H,20,21). The zero-order valence-corrected chi connectivity index (χ0v) is 15.4. The number of sulfone groups is 1. The summed E-state index contributed by atoms with van der Waals surface area (Å²) in [7, 11) is -3.63. The van der Waals surface area contributed by atoms with E-state index in [0.29, 0.717) is 0 Å². The number of amides is 2. The lowest BCUT2D eigenvalue weighted by atomic mass is 9.96. The van der Waals surface area contributed by atoms with E-state index in [4.69, 9.17) is 5.11 Å². The predicted molar refractivity (Wildman–Crippen MR) is 92.2 cm³/mol. The normalized spacial score (nSPS) is 11.7. The highest BCUT2D eigenvalue weighted by Gasteiger charge is 2.20. The van der Waals surface area contributed by atoms with Crippen LogP contribution in [-0.4, -0.2) is 44.1 Å². The maximum absolute atomic E-state index is 11.9. The van der Waals surface area contributed by atoms with E-state index in [2.05, 4.69) is 10.6 Å². The molecular weight excluding hydrogens is 348 g/mol. The number of carbonyl (C=O) groups excluding carboxylic acids is 2. The Kier molecular flexibility index (Phi) is 6.31. The molecule has 9 heteroatoms. The fourth-order valence-electron chi connectivity index (χ4n) is 1.79. The number of carboxylic acid groups (broad SMARTS) is 1. The van der Waals surface area contributed by atoms with Gasteiger partial charge in [0.15, 0.2) is 9.84 Å². The summed E-state index contributed by atoms with van der Waals surface area (Å²) in [6, 6.07) is 3.38. The van der Waals surface area contributed by atoms with Gasteiger partial charge < -0.3 is 15.7 Å². The third kappa shape index (κ3) is 6.54. The number of nitrogens with one attached hydrogen (secondary N) is 2. The monoisotopic (exact) mass is 370 g/mol. The van der Waals surface area contributed by atoms with Crippen molar-refractivity contribution in [1.29, 1.82) is 0 Å². The van der Waals surface area contributed by atoms with Crippen LogP contribution in [0.4, 0.5) is 5.69 Å². The Balaban J connectivity index is 2.82. The summed E-state index contributed by atoms with van der Waals surface area (Å²) in [5, 5.41) is 14.1. The number of hydrogen-bond donors (Lipinski definition) is 3. The van der Waals surface area contributed by atoms with Crippen LogP contribution in [0.15, 0.2) is 23.1 Å². The van der Waals surface area contributed by atoms with Crippen molar-refractivity contribution in [3.05, 3.63) is 23.8 Å². The molecule has 1 aromatic rings. The molecule has 0 spiro atoms. The van der Waals surface area contributed by atoms with Crippen molar-refractivity contribution < 1.29 is 27.9 Å². The first-order valence-electron chi connectivity index (χ1n) is 7.47. The van der Waals surface area contributed by atoms with E-state index in [1.165, 1.54) is 12.1 Å². The molecule has 8 nitrogen and oxygen atoms in total. The van der Waals surface area contributed by atoms with Gasteiger partial charge in [-0.05, 0) is 18.2 Å². The lowest BCUT2D eigenvalue weighted by Gasteiger charge is -2.17. The van der Waals surface area contributed by atoms with E-state index < -0.39 is 27.1 Å². The van der Waals surface area contributed by atoms with Crippen LogP contribution in [0.2, 0.25) is 0 Å². The average molecular weight is 370 g/mol. The SMILES string of the molecule is CC(C)(C)C(=O)NCCC(=O)Nc1cc(C(=O)O)cc(S(C)(=O)=O)c1. The molecule has 0 saturated carbocycles. The zero-order valence-electron chi connectivity index (χ0n) is 14.5. The summed E-state index contributed by atoms with van der Waals surface area (Å²) >= 11 is 0. The first-order chi connectivity index (χ1) is 11.3. The second-order valence-electron chi connectivity index (χ2n) is 6.63. The molecule has 0 aliphatic carbocycles. The summed E-state index contributed by atoms with van der Waals surface area (Å²) < 4.78 is 23.3. The van der Waals surface area contributed by atoms with Crippen LogP contribution < -0.4 is 10.6 Å². The summed E-state index contributed by atoms with van der Waals surface area (Å²) in [6.45, 7) is 5.34. The first kappa shape index (κ1) is 20.6. The molecule has 0 bridgehead atoms. The molecule has 0 aromatic heterocycles. The number of rotatable bonds is 6. The molecule has 0 aliphatic heterocycles. The van der Waals surface area contributed by atoms with Crippen LogP contribution in [0.3, 0.4) is 0 Å². The zero-order chi connectivity index (χ0) is 19.4. The van der Waals surface area contributed by atoms with E-state index in [-0.39, 0.29) is 35.0 Å². The highest BCUT2D eigenvalue weighted by Crippen LogP contribution is 2.19. The summed E-state index contributed by atoms with van der Waals surface area (Å²) in [5.74, 6) is -1.98. The number of carboxylic acids is 1. The fraction of sp³-hybridized carbons (Fsp3) is 0.438. The minimum atomic E-state index is -3.63. The van der Waals surface area contributed by atoms with Crippen molar-refractivity contribution in [1.82, 2.24) is 5.32 Å². The van der Waals surface area contributed by atoms with Gasteiger partial charge in [0.1, 0.15) is 0 Å². The molecule has 0 heterocycles. The van der Waals surface area contributed by atoms with Gasteiger partial charge in [-0.25, -0.2) is 13.2 Å². The average Bonchev–Trinajstić information content (AvgIpc) is 2.44. The first-order valence-corrected chi connectivity index (χ1v) is 9.36. The van der Waals surface area contributed by atoms with Crippen molar-refractivity contribution in [3.8, 4) is 0 Å². The van der Waals surface area contributed by atoms with E-state index in [9.17, 15) is 22.8 Å². The summed E-state index contributed by atoms with van der Waals surface area (Å²) in [6.07, 6.45) is 0.912. The van der Waals surface area contributed by atoms with Gasteiger partial charge in [0.2, 0.25) is 11.8 Å². The second kappa shape index (κ2) is 7.64. The van der Waals surface area contributed by atoms with Gasteiger partial charge in [-0.15, -0.1) is 0 Å². The van der Waals surface area contributed by atoms with Crippen LogP contribution >= 0.6 is 0 Å². The molecule has 138 valence electrons.